The van der Waals surface area contributed by atoms with Crippen LogP contribution in [0.4, 0.5) is 34.1 Å². The largest absolute Gasteiger partial charge is 0.310 e. The molecule has 0 saturated heterocycles. The number of hydrogen-bond acceptors (Lipinski definition) is 2. The van der Waals surface area contributed by atoms with Crippen molar-refractivity contribution in [1.29, 1.82) is 0 Å². The summed E-state index contributed by atoms with van der Waals surface area (Å²) in [6.45, 7) is 20.2. The molecular formula is C66H57N3. The van der Waals surface area contributed by atoms with Gasteiger partial charge in [-0.3, -0.25) is 0 Å². The van der Waals surface area contributed by atoms with Crippen molar-refractivity contribution in [3.63, 3.8) is 0 Å². The minimum Gasteiger partial charge on any atom is -0.310 e. The van der Waals surface area contributed by atoms with E-state index < -0.39 is 0 Å². The van der Waals surface area contributed by atoms with E-state index in [4.69, 9.17) is 0 Å². The fourth-order valence-corrected chi connectivity index (χ4v) is 10.9. The number of para-hydroxylation sites is 2. The summed E-state index contributed by atoms with van der Waals surface area (Å²) in [4.78, 5) is 4.81. The van der Waals surface area contributed by atoms with Gasteiger partial charge in [-0.2, -0.15) is 0 Å². The topological polar surface area (TPSA) is 10.9 Å². The Morgan fingerprint density at radius 1 is 0.333 bits per heavy atom. The highest BCUT2D eigenvalue weighted by atomic mass is 15.1. The van der Waals surface area contributed by atoms with Crippen LogP contribution in [0.3, 0.4) is 0 Å². The zero-order chi connectivity index (χ0) is 47.5. The molecule has 0 unspecified atom stereocenters. The molecule has 69 heavy (non-hydrogen) atoms. The van der Waals surface area contributed by atoms with Crippen LogP contribution in [0.25, 0.3) is 70.8 Å². The van der Waals surface area contributed by atoms with Crippen molar-refractivity contribution in [2.45, 2.75) is 67.7 Å². The van der Waals surface area contributed by atoms with E-state index in [0.717, 1.165) is 22.7 Å². The standard InChI is InChI=1S/C66H57N3/c1-40-28-57(29-41(2)44(40)5)67(53-16-12-10-13-17-53)55-26-22-47-34-59-61-36-51(46-20-24-52(25-21-46)66(7,8)9)37-62-60-35-48-23-27-56(33-50(48)39-64(60)69(65(61)62)63(59)38-49(47)32-55)68(54-18-14-11-15-19-54)58-30-42(3)45(6)43(4)31-58/h10-39H,1-9H3. The number of aryl methyl sites for hydroxylation is 4. The lowest BCUT2D eigenvalue weighted by atomic mass is 9.86. The van der Waals surface area contributed by atoms with E-state index in [2.05, 4.69) is 259 Å². The molecule has 0 aliphatic carbocycles. The van der Waals surface area contributed by atoms with Crippen molar-refractivity contribution < 1.29 is 0 Å². The zero-order valence-corrected chi connectivity index (χ0v) is 41.2. The van der Waals surface area contributed by atoms with Crippen LogP contribution in [0, 0.1) is 41.5 Å². The third-order valence-corrected chi connectivity index (χ3v) is 15.2. The third-order valence-electron chi connectivity index (χ3n) is 15.2. The molecule has 0 bridgehead atoms. The fraction of sp³-hybridized carbons (Fsp3) is 0.152. The highest BCUT2D eigenvalue weighted by Crippen LogP contribution is 2.46. The van der Waals surface area contributed by atoms with Crippen LogP contribution in [0.1, 0.15) is 59.7 Å². The summed E-state index contributed by atoms with van der Waals surface area (Å²) in [5, 5.41) is 9.96. The maximum absolute atomic E-state index is 2.56. The summed E-state index contributed by atoms with van der Waals surface area (Å²) in [7, 11) is 0. The molecule has 0 aliphatic rings. The molecule has 0 atom stereocenters. The molecule has 12 aromatic rings. The van der Waals surface area contributed by atoms with Crippen LogP contribution in [0.5, 0.6) is 0 Å². The predicted molar refractivity (Wildman–Crippen MR) is 298 cm³/mol. The van der Waals surface area contributed by atoms with Crippen LogP contribution >= 0.6 is 0 Å². The number of rotatable bonds is 7. The third kappa shape index (κ3) is 7.02. The maximum Gasteiger partial charge on any atom is 0.0620 e. The molecule has 10 aromatic carbocycles. The molecule has 0 spiro atoms. The highest BCUT2D eigenvalue weighted by Gasteiger charge is 2.23. The van der Waals surface area contributed by atoms with Gasteiger partial charge in [0.15, 0.2) is 0 Å². The predicted octanol–water partition coefficient (Wildman–Crippen LogP) is 18.9. The van der Waals surface area contributed by atoms with Gasteiger partial charge in [-0.05, 0) is 228 Å². The molecule has 0 fully saturated rings. The quantitative estimate of drug-likeness (QED) is 0.158. The van der Waals surface area contributed by atoms with E-state index in [1.54, 1.807) is 0 Å². The van der Waals surface area contributed by atoms with E-state index in [1.165, 1.54) is 121 Å². The number of hydrogen-bond donors (Lipinski definition) is 0. The van der Waals surface area contributed by atoms with Crippen molar-refractivity contribution in [2.75, 3.05) is 9.80 Å². The van der Waals surface area contributed by atoms with E-state index in [9.17, 15) is 0 Å². The first kappa shape index (κ1) is 42.5. The lowest BCUT2D eigenvalue weighted by Gasteiger charge is -2.27. The molecule has 336 valence electrons. The molecule has 2 aromatic heterocycles. The van der Waals surface area contributed by atoms with Gasteiger partial charge in [-0.1, -0.05) is 93.6 Å². The van der Waals surface area contributed by atoms with Gasteiger partial charge in [0.25, 0.3) is 0 Å². The fourth-order valence-electron chi connectivity index (χ4n) is 10.9. The van der Waals surface area contributed by atoms with Crippen molar-refractivity contribution in [3.05, 3.63) is 221 Å². The van der Waals surface area contributed by atoms with Crippen LogP contribution in [0.15, 0.2) is 182 Å². The van der Waals surface area contributed by atoms with Gasteiger partial charge in [0.05, 0.1) is 16.6 Å². The summed E-state index contributed by atoms with van der Waals surface area (Å²) in [5.41, 5.74) is 22.3. The molecule has 0 amide bonds. The summed E-state index contributed by atoms with van der Waals surface area (Å²) in [6, 6.07) is 68.7. The molecular weight excluding hydrogens is 835 g/mol. The molecule has 0 N–H and O–H groups in total. The van der Waals surface area contributed by atoms with Gasteiger partial charge in [-0.15, -0.1) is 0 Å². The first-order valence-electron chi connectivity index (χ1n) is 24.4. The Hall–Kier alpha value is -7.88. The van der Waals surface area contributed by atoms with Crippen molar-refractivity contribution in [2.24, 2.45) is 0 Å². The second-order valence-electron chi connectivity index (χ2n) is 20.6. The van der Waals surface area contributed by atoms with Gasteiger partial charge < -0.3 is 14.2 Å². The average Bonchev–Trinajstić information content (AvgIpc) is 3.84. The summed E-state index contributed by atoms with van der Waals surface area (Å²) in [6.07, 6.45) is 0. The molecule has 0 radical (unpaired) electrons. The first-order valence-corrected chi connectivity index (χ1v) is 24.4. The Morgan fingerprint density at radius 3 is 1.16 bits per heavy atom. The SMILES string of the molecule is Cc1cc(N(c2ccccc2)c2ccc3cc4c5cc(-c6ccc(C(C)(C)C)cc6)cc6c7cc8ccc(N(c9ccccc9)c9cc(C)c(C)c(C)c9)cc8cc7n(c4cc3c2)c56)cc(C)c1C. The Kier molecular flexibility index (Phi) is 9.76. The second-order valence-corrected chi connectivity index (χ2v) is 20.6. The van der Waals surface area contributed by atoms with Crippen molar-refractivity contribution in [3.8, 4) is 11.1 Å². The van der Waals surface area contributed by atoms with Crippen LogP contribution in [-0.4, -0.2) is 4.40 Å². The Labute approximate surface area is 405 Å². The number of anilines is 6. The van der Waals surface area contributed by atoms with Gasteiger partial charge in [0.2, 0.25) is 0 Å². The number of aromatic nitrogens is 1. The minimum absolute atomic E-state index is 0.0804. The summed E-state index contributed by atoms with van der Waals surface area (Å²) in [5.74, 6) is 0. The van der Waals surface area contributed by atoms with E-state index >= 15 is 0 Å². The van der Waals surface area contributed by atoms with Crippen LogP contribution in [0.2, 0.25) is 0 Å². The molecule has 0 saturated carbocycles. The number of benzene rings is 10. The number of nitrogens with zero attached hydrogens (tertiary/aromatic N) is 3. The maximum atomic E-state index is 2.56. The summed E-state index contributed by atoms with van der Waals surface area (Å²) >= 11 is 0. The molecule has 0 aliphatic heterocycles. The molecule has 2 heterocycles. The lowest BCUT2D eigenvalue weighted by molar-refractivity contribution is 0.590. The normalized spacial score (nSPS) is 12.1. The second kappa shape index (κ2) is 15.9. The Bertz CT molecular complexity index is 3710. The summed E-state index contributed by atoms with van der Waals surface area (Å²) < 4.78 is 2.56. The van der Waals surface area contributed by atoms with Gasteiger partial charge >= 0.3 is 0 Å². The molecule has 3 heteroatoms. The smallest absolute Gasteiger partial charge is 0.0620 e. The van der Waals surface area contributed by atoms with E-state index in [-0.39, 0.29) is 5.41 Å². The first-order chi connectivity index (χ1) is 33.3. The van der Waals surface area contributed by atoms with Crippen molar-refractivity contribution in [1.82, 2.24) is 4.40 Å². The zero-order valence-electron chi connectivity index (χ0n) is 41.2. The Morgan fingerprint density at radius 2 is 0.754 bits per heavy atom. The van der Waals surface area contributed by atoms with Crippen LogP contribution < -0.4 is 9.80 Å². The minimum atomic E-state index is 0.0804. The van der Waals surface area contributed by atoms with Gasteiger partial charge in [0, 0.05) is 55.7 Å². The van der Waals surface area contributed by atoms with E-state index in [0.29, 0.717) is 0 Å². The highest BCUT2D eigenvalue weighted by molar-refractivity contribution is 6.27. The number of fused-ring (bicyclic) bond motifs is 8. The van der Waals surface area contributed by atoms with Crippen LogP contribution in [-0.2, 0) is 5.41 Å². The van der Waals surface area contributed by atoms with Gasteiger partial charge in [-0.25, -0.2) is 0 Å². The Balaban J connectivity index is 1.11. The lowest BCUT2D eigenvalue weighted by Crippen LogP contribution is -2.10. The van der Waals surface area contributed by atoms with Crippen molar-refractivity contribution >= 4 is 93.8 Å². The average molecular weight is 892 g/mol. The molecule has 12 rings (SSSR count). The molecule has 3 nitrogen and oxygen atoms in total. The monoisotopic (exact) mass is 891 g/mol. The van der Waals surface area contributed by atoms with Gasteiger partial charge in [0.1, 0.15) is 0 Å². The van der Waals surface area contributed by atoms with E-state index in [1.807, 2.05) is 0 Å².